The highest BCUT2D eigenvalue weighted by molar-refractivity contribution is 7.80. The molecule has 34 heavy (non-hydrogen) atoms. The Morgan fingerprint density at radius 2 is 1.44 bits per heavy atom. The molecule has 5 unspecified atom stereocenters. The first-order valence-electron chi connectivity index (χ1n) is 11.5. The van der Waals surface area contributed by atoms with Crippen LogP contribution in [-0.4, -0.2) is 58.7 Å². The zero-order chi connectivity index (χ0) is 25.8. The molecule has 9 nitrogen and oxygen atoms in total. The van der Waals surface area contributed by atoms with Gasteiger partial charge in [-0.05, 0) is 23.8 Å². The summed E-state index contributed by atoms with van der Waals surface area (Å²) in [6.45, 7) is 7.55. The Balaban J connectivity index is 3.09. The fourth-order valence-corrected chi connectivity index (χ4v) is 3.52. The molecule has 0 aromatic heterocycles. The Hall–Kier alpha value is -2.59. The topological polar surface area (TPSA) is 151 Å². The third-order valence-electron chi connectivity index (χ3n) is 5.61. The Kier molecular flexibility index (Phi) is 12.7. The van der Waals surface area contributed by atoms with E-state index in [9.17, 15) is 24.3 Å². The van der Waals surface area contributed by atoms with E-state index in [1.807, 2.05) is 58.0 Å². The number of carbonyl (C=O) groups excluding carboxylic acids is 3. The number of carbonyl (C=O) groups is 4. The maximum atomic E-state index is 13.3. The van der Waals surface area contributed by atoms with Gasteiger partial charge in [0.15, 0.2) is 0 Å². The van der Waals surface area contributed by atoms with Crippen molar-refractivity contribution in [3.63, 3.8) is 0 Å². The minimum absolute atomic E-state index is 0.0383. The van der Waals surface area contributed by atoms with E-state index in [4.69, 9.17) is 5.73 Å². The SMILES string of the molecule is CCC(C)C(N)C(=O)NC(Cc1ccccc1)C(=O)NC(CC(C)C)C(=O)NC(CS)C(=O)O. The highest BCUT2D eigenvalue weighted by atomic mass is 32.1. The molecule has 0 aliphatic rings. The van der Waals surface area contributed by atoms with Gasteiger partial charge in [-0.2, -0.15) is 12.6 Å². The maximum absolute atomic E-state index is 13.3. The van der Waals surface area contributed by atoms with Crippen LogP contribution >= 0.6 is 12.6 Å². The normalized spacial score (nSPS) is 15.5. The first-order chi connectivity index (χ1) is 16.0. The number of thiol groups is 1. The van der Waals surface area contributed by atoms with E-state index >= 15 is 0 Å². The summed E-state index contributed by atoms with van der Waals surface area (Å²) in [6.07, 6.45) is 1.20. The first-order valence-corrected chi connectivity index (χ1v) is 12.2. The van der Waals surface area contributed by atoms with Gasteiger partial charge in [0, 0.05) is 12.2 Å². The average molecular weight is 495 g/mol. The number of rotatable bonds is 14. The summed E-state index contributed by atoms with van der Waals surface area (Å²) in [5, 5.41) is 17.1. The summed E-state index contributed by atoms with van der Waals surface area (Å²) < 4.78 is 0. The van der Waals surface area contributed by atoms with E-state index in [2.05, 4.69) is 28.6 Å². The summed E-state index contributed by atoms with van der Waals surface area (Å²) in [5.74, 6) is -2.96. The van der Waals surface area contributed by atoms with Crippen LogP contribution in [0, 0.1) is 11.8 Å². The number of carboxylic acid groups (broad SMARTS) is 1. The fourth-order valence-electron chi connectivity index (χ4n) is 3.27. The zero-order valence-corrected chi connectivity index (χ0v) is 21.2. The molecular weight excluding hydrogens is 456 g/mol. The van der Waals surface area contributed by atoms with Crippen molar-refractivity contribution in [3.05, 3.63) is 35.9 Å². The number of nitrogens with one attached hydrogen (secondary N) is 3. The lowest BCUT2D eigenvalue weighted by molar-refractivity contribution is -0.141. The molecule has 0 saturated carbocycles. The van der Waals surface area contributed by atoms with Gasteiger partial charge in [-0.25, -0.2) is 4.79 Å². The lowest BCUT2D eigenvalue weighted by Gasteiger charge is -2.26. The quantitative estimate of drug-likeness (QED) is 0.213. The molecule has 0 heterocycles. The van der Waals surface area contributed by atoms with Gasteiger partial charge < -0.3 is 26.8 Å². The molecule has 1 aromatic carbocycles. The van der Waals surface area contributed by atoms with Crippen LogP contribution in [0.5, 0.6) is 0 Å². The molecule has 0 fully saturated rings. The zero-order valence-electron chi connectivity index (χ0n) is 20.3. The van der Waals surface area contributed by atoms with Crippen molar-refractivity contribution in [2.45, 2.75) is 71.1 Å². The second-order valence-electron chi connectivity index (χ2n) is 8.93. The molecule has 6 N–H and O–H groups in total. The van der Waals surface area contributed by atoms with Crippen molar-refractivity contribution in [3.8, 4) is 0 Å². The summed E-state index contributed by atoms with van der Waals surface area (Å²) in [6, 6.07) is 5.27. The average Bonchev–Trinajstić information content (AvgIpc) is 2.80. The van der Waals surface area contributed by atoms with Crippen molar-refractivity contribution in [1.82, 2.24) is 16.0 Å². The van der Waals surface area contributed by atoms with E-state index in [0.717, 1.165) is 5.56 Å². The predicted octanol–water partition coefficient (Wildman–Crippen LogP) is 1.12. The molecule has 10 heteroatoms. The molecule has 0 aliphatic heterocycles. The molecule has 0 bridgehead atoms. The van der Waals surface area contributed by atoms with Gasteiger partial charge in [0.2, 0.25) is 17.7 Å². The van der Waals surface area contributed by atoms with Crippen LogP contribution in [0.2, 0.25) is 0 Å². The van der Waals surface area contributed by atoms with Gasteiger partial charge >= 0.3 is 5.97 Å². The molecule has 1 rings (SSSR count). The number of carboxylic acids is 1. The van der Waals surface area contributed by atoms with Gasteiger partial charge in [0.25, 0.3) is 0 Å². The second-order valence-corrected chi connectivity index (χ2v) is 9.30. The Bertz CT molecular complexity index is 821. The highest BCUT2D eigenvalue weighted by Gasteiger charge is 2.31. The number of hydrogen-bond acceptors (Lipinski definition) is 6. The molecule has 0 radical (unpaired) electrons. The van der Waals surface area contributed by atoms with E-state index < -0.39 is 47.9 Å². The van der Waals surface area contributed by atoms with Crippen LogP contribution in [0.3, 0.4) is 0 Å². The number of aliphatic carboxylic acids is 1. The monoisotopic (exact) mass is 494 g/mol. The maximum Gasteiger partial charge on any atom is 0.327 e. The number of hydrogen-bond donors (Lipinski definition) is 6. The first kappa shape index (κ1) is 29.4. The number of nitrogens with two attached hydrogens (primary N) is 1. The van der Waals surface area contributed by atoms with Crippen molar-refractivity contribution >= 4 is 36.3 Å². The van der Waals surface area contributed by atoms with E-state index in [1.165, 1.54) is 0 Å². The van der Waals surface area contributed by atoms with Gasteiger partial charge in [-0.15, -0.1) is 0 Å². The Morgan fingerprint density at radius 1 is 0.912 bits per heavy atom. The third-order valence-corrected chi connectivity index (χ3v) is 5.98. The predicted molar refractivity (Wildman–Crippen MR) is 134 cm³/mol. The standard InChI is InChI=1S/C24H38N4O5S/c1-5-15(4)20(25)23(31)27-18(12-16-9-7-6-8-10-16)22(30)26-17(11-14(2)3)21(29)28-19(13-34)24(32)33/h6-10,14-15,17-20,34H,5,11-13,25H2,1-4H3,(H,26,30)(H,27,31)(H,28,29)(H,32,33). The third kappa shape index (κ3) is 9.72. The smallest absolute Gasteiger partial charge is 0.327 e. The van der Waals surface area contributed by atoms with Crippen LogP contribution in [0.1, 0.15) is 46.1 Å². The van der Waals surface area contributed by atoms with Gasteiger partial charge in [0.05, 0.1) is 6.04 Å². The summed E-state index contributed by atoms with van der Waals surface area (Å²) >= 11 is 3.96. The summed E-state index contributed by atoms with van der Waals surface area (Å²) in [5.41, 5.74) is 6.88. The molecule has 190 valence electrons. The lowest BCUT2D eigenvalue weighted by atomic mass is 9.97. The molecule has 1 aromatic rings. The largest absolute Gasteiger partial charge is 0.480 e. The molecule has 5 atom stereocenters. The fraction of sp³-hybridized carbons (Fsp3) is 0.583. The second kappa shape index (κ2) is 14.6. The summed E-state index contributed by atoms with van der Waals surface area (Å²) in [4.78, 5) is 50.1. The number of amides is 3. The minimum atomic E-state index is -1.22. The van der Waals surface area contributed by atoms with Crippen molar-refractivity contribution in [2.24, 2.45) is 17.6 Å². The minimum Gasteiger partial charge on any atom is -0.480 e. The molecule has 0 spiro atoms. The van der Waals surface area contributed by atoms with Gasteiger partial charge in [-0.3, -0.25) is 14.4 Å². The van der Waals surface area contributed by atoms with E-state index in [0.29, 0.717) is 6.42 Å². The molecular formula is C24H38N4O5S. The van der Waals surface area contributed by atoms with Gasteiger partial charge in [0.1, 0.15) is 18.1 Å². The Morgan fingerprint density at radius 3 is 1.94 bits per heavy atom. The Labute approximate surface area is 207 Å². The number of benzene rings is 1. The highest BCUT2D eigenvalue weighted by Crippen LogP contribution is 2.10. The molecule has 3 amide bonds. The van der Waals surface area contributed by atoms with Crippen LogP contribution < -0.4 is 21.7 Å². The molecule has 0 aliphatic carbocycles. The summed E-state index contributed by atoms with van der Waals surface area (Å²) in [7, 11) is 0. The molecule has 0 saturated heterocycles. The van der Waals surface area contributed by atoms with Crippen LogP contribution in [0.25, 0.3) is 0 Å². The van der Waals surface area contributed by atoms with E-state index in [1.54, 1.807) is 0 Å². The van der Waals surface area contributed by atoms with Crippen molar-refractivity contribution < 1.29 is 24.3 Å². The van der Waals surface area contributed by atoms with E-state index in [-0.39, 0.29) is 30.4 Å². The van der Waals surface area contributed by atoms with Gasteiger partial charge in [-0.1, -0.05) is 64.4 Å². The van der Waals surface area contributed by atoms with Crippen molar-refractivity contribution in [2.75, 3.05) is 5.75 Å². The van der Waals surface area contributed by atoms with Crippen LogP contribution in [-0.2, 0) is 25.6 Å². The van der Waals surface area contributed by atoms with Crippen LogP contribution in [0.15, 0.2) is 30.3 Å². The van der Waals surface area contributed by atoms with Crippen LogP contribution in [0.4, 0.5) is 0 Å². The lowest BCUT2D eigenvalue weighted by Crippen LogP contribution is -2.58. The van der Waals surface area contributed by atoms with Crippen molar-refractivity contribution in [1.29, 1.82) is 0 Å².